The summed E-state index contributed by atoms with van der Waals surface area (Å²) in [5.74, 6) is 2.24. The van der Waals surface area contributed by atoms with E-state index in [1.807, 2.05) is 31.3 Å². The zero-order chi connectivity index (χ0) is 22.5. The molecule has 3 aromatic rings. The van der Waals surface area contributed by atoms with Crippen molar-refractivity contribution in [1.29, 1.82) is 0 Å². The summed E-state index contributed by atoms with van der Waals surface area (Å²) in [7, 11) is 0. The Balaban J connectivity index is 1.87. The molecule has 3 N–H and O–H groups in total. The van der Waals surface area contributed by atoms with Crippen molar-refractivity contribution in [2.45, 2.75) is 53.6 Å². The number of aliphatic hydroxyl groups is 1. The molecule has 0 fully saturated rings. The average Bonchev–Trinajstić information content (AvgIpc) is 3.23. The lowest BCUT2D eigenvalue weighted by atomic mass is 10.0. The Bertz CT molecular complexity index is 1030. The Hall–Kier alpha value is -2.77. The molecule has 0 bridgehead atoms. The summed E-state index contributed by atoms with van der Waals surface area (Å²) in [6, 6.07) is 5.95. The van der Waals surface area contributed by atoms with Crippen molar-refractivity contribution in [2.24, 2.45) is 11.7 Å². The maximum Gasteiger partial charge on any atom is 0.276 e. The van der Waals surface area contributed by atoms with Crippen LogP contribution in [-0.2, 0) is 12.8 Å². The number of rotatable bonds is 9. The lowest BCUT2D eigenvalue weighted by Crippen LogP contribution is -2.27. The minimum absolute atomic E-state index is 0.161. The van der Waals surface area contributed by atoms with E-state index in [4.69, 9.17) is 15.0 Å². The van der Waals surface area contributed by atoms with Gasteiger partial charge in [0.1, 0.15) is 24.2 Å². The molecule has 0 radical (unpaired) electrons. The Morgan fingerprint density at radius 1 is 1.13 bits per heavy atom. The van der Waals surface area contributed by atoms with Crippen LogP contribution in [0.5, 0.6) is 5.75 Å². The first kappa shape index (κ1) is 22.9. The smallest absolute Gasteiger partial charge is 0.276 e. The summed E-state index contributed by atoms with van der Waals surface area (Å²) < 4.78 is 11.3. The molecule has 2 aromatic heterocycles. The summed E-state index contributed by atoms with van der Waals surface area (Å²) in [6.07, 6.45) is 2.97. The fraction of sp³-hybridized carbons (Fsp3) is 0.458. The van der Waals surface area contributed by atoms with E-state index in [1.165, 1.54) is 11.1 Å². The van der Waals surface area contributed by atoms with Gasteiger partial charge in [-0.25, -0.2) is 0 Å². The van der Waals surface area contributed by atoms with Gasteiger partial charge in [-0.15, -0.1) is 0 Å². The number of benzene rings is 1. The molecule has 0 aliphatic carbocycles. The molecule has 7 nitrogen and oxygen atoms in total. The molecular weight excluding hydrogens is 392 g/mol. The summed E-state index contributed by atoms with van der Waals surface area (Å²) in [4.78, 5) is 9.11. The van der Waals surface area contributed by atoms with Gasteiger partial charge in [-0.3, -0.25) is 4.98 Å². The molecule has 7 heteroatoms. The van der Waals surface area contributed by atoms with Crippen molar-refractivity contribution in [1.82, 2.24) is 15.1 Å². The van der Waals surface area contributed by atoms with Gasteiger partial charge in [0.2, 0.25) is 5.82 Å². The van der Waals surface area contributed by atoms with E-state index in [9.17, 15) is 5.11 Å². The third-order valence-corrected chi connectivity index (χ3v) is 5.18. The van der Waals surface area contributed by atoms with Crippen LogP contribution in [-0.4, -0.2) is 39.5 Å². The van der Waals surface area contributed by atoms with Crippen LogP contribution >= 0.6 is 0 Å². The lowest BCUT2D eigenvalue weighted by molar-refractivity contribution is 0.113. The molecule has 0 amide bonds. The number of pyridine rings is 1. The molecule has 166 valence electrons. The van der Waals surface area contributed by atoms with Crippen molar-refractivity contribution < 1.29 is 14.4 Å². The number of aromatic nitrogens is 3. The standard InChI is InChI=1S/C24H32N4O3/c1-6-17-10-18(8-16(5)22(17)30-13-20(29)11-25)23-27-24(31-28-23)21-9-15(4)19(12-26-21)7-14(2)3/h8-10,12,14,20,29H,6-7,11,13,25H2,1-5H3/t20-/m0/s1. The Morgan fingerprint density at radius 3 is 2.55 bits per heavy atom. The molecule has 0 aliphatic heterocycles. The minimum atomic E-state index is -0.688. The maximum atomic E-state index is 9.71. The van der Waals surface area contributed by atoms with Crippen LogP contribution in [0.25, 0.3) is 23.0 Å². The number of hydrogen-bond acceptors (Lipinski definition) is 7. The normalized spacial score (nSPS) is 12.4. The quantitative estimate of drug-likeness (QED) is 0.537. The SMILES string of the molecule is CCc1cc(-c2noc(-c3cc(C)c(CC(C)C)cn3)n2)cc(C)c1OC[C@@H](O)CN. The van der Waals surface area contributed by atoms with Gasteiger partial charge in [0.25, 0.3) is 5.89 Å². The highest BCUT2D eigenvalue weighted by atomic mass is 16.5. The Morgan fingerprint density at radius 2 is 1.90 bits per heavy atom. The lowest BCUT2D eigenvalue weighted by Gasteiger charge is -2.16. The van der Waals surface area contributed by atoms with Gasteiger partial charge in [0.05, 0.1) is 0 Å². The summed E-state index contributed by atoms with van der Waals surface area (Å²) in [6.45, 7) is 10.8. The van der Waals surface area contributed by atoms with Crippen LogP contribution in [0.3, 0.4) is 0 Å². The molecule has 0 unspecified atom stereocenters. The number of aryl methyl sites for hydroxylation is 3. The van der Waals surface area contributed by atoms with Crippen molar-refractivity contribution in [3.05, 3.63) is 46.6 Å². The van der Waals surface area contributed by atoms with Crippen LogP contribution in [0.15, 0.2) is 28.9 Å². The van der Waals surface area contributed by atoms with Gasteiger partial charge < -0.3 is 20.1 Å². The second-order valence-corrected chi connectivity index (χ2v) is 8.35. The van der Waals surface area contributed by atoms with Crippen LogP contribution < -0.4 is 10.5 Å². The summed E-state index contributed by atoms with van der Waals surface area (Å²) >= 11 is 0. The van der Waals surface area contributed by atoms with E-state index in [0.717, 1.165) is 35.3 Å². The molecule has 0 saturated heterocycles. The predicted octanol–water partition coefficient (Wildman–Crippen LogP) is 3.87. The van der Waals surface area contributed by atoms with Gasteiger partial charge in [0.15, 0.2) is 0 Å². The first-order valence-electron chi connectivity index (χ1n) is 10.8. The third-order valence-electron chi connectivity index (χ3n) is 5.18. The molecule has 1 atom stereocenters. The van der Waals surface area contributed by atoms with Gasteiger partial charge in [0, 0.05) is 18.3 Å². The molecule has 0 aliphatic rings. The van der Waals surface area contributed by atoms with Crippen LogP contribution in [0, 0.1) is 19.8 Å². The van der Waals surface area contributed by atoms with Crippen LogP contribution in [0.1, 0.15) is 43.0 Å². The van der Waals surface area contributed by atoms with Crippen LogP contribution in [0.2, 0.25) is 0 Å². The average molecular weight is 425 g/mol. The van der Waals surface area contributed by atoms with E-state index in [0.29, 0.717) is 23.3 Å². The van der Waals surface area contributed by atoms with E-state index >= 15 is 0 Å². The molecular formula is C24H32N4O3. The highest BCUT2D eigenvalue weighted by molar-refractivity contribution is 5.63. The number of hydrogen-bond donors (Lipinski definition) is 2. The second-order valence-electron chi connectivity index (χ2n) is 8.35. The minimum Gasteiger partial charge on any atom is -0.490 e. The molecule has 31 heavy (non-hydrogen) atoms. The third kappa shape index (κ3) is 5.48. The highest BCUT2D eigenvalue weighted by Crippen LogP contribution is 2.31. The highest BCUT2D eigenvalue weighted by Gasteiger charge is 2.17. The number of aliphatic hydroxyl groups excluding tert-OH is 1. The first-order valence-corrected chi connectivity index (χ1v) is 10.8. The van der Waals surface area contributed by atoms with Gasteiger partial charge >= 0.3 is 0 Å². The van der Waals surface area contributed by atoms with Crippen molar-refractivity contribution >= 4 is 0 Å². The maximum absolute atomic E-state index is 9.71. The van der Waals surface area contributed by atoms with Crippen molar-refractivity contribution in [3.8, 4) is 28.7 Å². The van der Waals surface area contributed by atoms with Gasteiger partial charge in [-0.1, -0.05) is 25.9 Å². The fourth-order valence-electron chi connectivity index (χ4n) is 3.49. The second kappa shape index (κ2) is 10.0. The van der Waals surface area contributed by atoms with E-state index < -0.39 is 6.10 Å². The van der Waals surface area contributed by atoms with E-state index in [1.54, 1.807) is 0 Å². The summed E-state index contributed by atoms with van der Waals surface area (Å²) in [5, 5.41) is 13.9. The molecule has 2 heterocycles. The van der Waals surface area contributed by atoms with Gasteiger partial charge in [-0.05, 0) is 73.1 Å². The molecule has 1 aromatic carbocycles. The topological polar surface area (TPSA) is 107 Å². The molecule has 0 spiro atoms. The number of nitrogens with zero attached hydrogens (tertiary/aromatic N) is 3. The van der Waals surface area contributed by atoms with Crippen LogP contribution in [0.4, 0.5) is 0 Å². The monoisotopic (exact) mass is 424 g/mol. The van der Waals surface area contributed by atoms with Gasteiger partial charge in [-0.2, -0.15) is 4.98 Å². The number of ether oxygens (including phenoxy) is 1. The Kier molecular flexibility index (Phi) is 7.41. The zero-order valence-corrected chi connectivity index (χ0v) is 19.0. The van der Waals surface area contributed by atoms with E-state index in [-0.39, 0.29) is 13.2 Å². The first-order chi connectivity index (χ1) is 14.8. The molecule has 3 rings (SSSR count). The largest absolute Gasteiger partial charge is 0.490 e. The zero-order valence-electron chi connectivity index (χ0n) is 19.0. The number of nitrogens with two attached hydrogens (primary N) is 1. The van der Waals surface area contributed by atoms with E-state index in [2.05, 4.69) is 42.8 Å². The predicted molar refractivity (Wildman–Crippen MR) is 121 cm³/mol. The Labute approximate surface area is 183 Å². The van der Waals surface area contributed by atoms with Crippen molar-refractivity contribution in [2.75, 3.05) is 13.2 Å². The fourth-order valence-corrected chi connectivity index (χ4v) is 3.49. The molecule has 0 saturated carbocycles. The van der Waals surface area contributed by atoms with Crippen molar-refractivity contribution in [3.63, 3.8) is 0 Å². The summed E-state index contributed by atoms with van der Waals surface area (Å²) in [5.41, 5.74) is 11.4.